The van der Waals surface area contributed by atoms with Crippen LogP contribution in [0.5, 0.6) is 5.75 Å². The number of fused-ring (bicyclic) bond motifs is 1. The van der Waals surface area contributed by atoms with Crippen molar-refractivity contribution < 1.29 is 23.5 Å². The maximum absolute atomic E-state index is 13.8. The van der Waals surface area contributed by atoms with Crippen LogP contribution in [0.15, 0.2) is 80.1 Å². The van der Waals surface area contributed by atoms with Crippen LogP contribution in [0.2, 0.25) is 5.02 Å². The van der Waals surface area contributed by atoms with Crippen molar-refractivity contribution in [2.45, 2.75) is 19.9 Å². The first-order valence-electron chi connectivity index (χ1n) is 11.9. The van der Waals surface area contributed by atoms with Crippen molar-refractivity contribution in [2.24, 2.45) is 4.99 Å². The Morgan fingerprint density at radius 3 is 2.51 bits per heavy atom. The molecule has 0 saturated carbocycles. The molecule has 2 aromatic heterocycles. The van der Waals surface area contributed by atoms with Gasteiger partial charge >= 0.3 is 5.97 Å². The Kier molecular flexibility index (Phi) is 7.12. The van der Waals surface area contributed by atoms with Crippen molar-refractivity contribution in [3.63, 3.8) is 0 Å². The van der Waals surface area contributed by atoms with Gasteiger partial charge in [-0.25, -0.2) is 9.79 Å². The average molecular weight is 563 g/mol. The molecule has 4 aromatic rings. The molecule has 0 saturated heterocycles. The Balaban J connectivity index is 1.64. The zero-order chi connectivity index (χ0) is 27.8. The number of halogens is 1. The van der Waals surface area contributed by atoms with Gasteiger partial charge < -0.3 is 13.9 Å². The quantitative estimate of drug-likeness (QED) is 0.253. The van der Waals surface area contributed by atoms with E-state index in [0.29, 0.717) is 48.5 Å². The molecule has 0 bridgehead atoms. The molecule has 0 unspecified atom stereocenters. The molecule has 2 aromatic carbocycles. The van der Waals surface area contributed by atoms with Crippen molar-refractivity contribution in [3.05, 3.63) is 107 Å². The fourth-order valence-electron chi connectivity index (χ4n) is 4.49. The van der Waals surface area contributed by atoms with Crippen LogP contribution in [0.1, 0.15) is 41.6 Å². The number of benzene rings is 2. The first-order valence-corrected chi connectivity index (χ1v) is 13.1. The molecule has 5 rings (SSSR count). The summed E-state index contributed by atoms with van der Waals surface area (Å²) in [5, 5.41) is 0.422. The monoisotopic (exact) mass is 562 g/mol. The number of carbonyl (C=O) groups is 2. The van der Waals surface area contributed by atoms with Gasteiger partial charge in [-0.1, -0.05) is 47.2 Å². The molecule has 0 spiro atoms. The molecule has 10 heteroatoms. The molecule has 0 amide bonds. The normalized spacial score (nSPS) is 15.1. The number of carbonyl (C=O) groups excluding carboxylic acids is 2. The Labute approximate surface area is 232 Å². The minimum absolute atomic E-state index is 0.0173. The SMILES string of the molecule is COC(=O)C1=C(C)N=c2s/c(=C\c3ccc(-c4ccc(C(C)=O)cc4)o3)c(=O)n2[C@@H]1c1cc(Cl)ccc1OC. The number of ketones is 1. The standard InChI is InChI=1S/C29H23ClN2O6S/c1-15-25(28(35)37-4)26(21-13-19(30)9-11-23(21)36-3)32-27(34)24(39-29(32)31-15)14-20-10-12-22(38-20)18-7-5-17(6-8-18)16(2)33/h5-14,26H,1-4H3/b24-14-/t26-/m1/s1. The maximum Gasteiger partial charge on any atom is 0.338 e. The minimum atomic E-state index is -0.864. The largest absolute Gasteiger partial charge is 0.496 e. The first kappa shape index (κ1) is 26.4. The van der Waals surface area contributed by atoms with Crippen molar-refractivity contribution in [1.82, 2.24) is 4.57 Å². The third-order valence-electron chi connectivity index (χ3n) is 6.39. The number of hydrogen-bond donors (Lipinski definition) is 0. The zero-order valence-corrected chi connectivity index (χ0v) is 23.1. The highest BCUT2D eigenvalue weighted by Crippen LogP contribution is 2.37. The molecule has 3 heterocycles. The van der Waals surface area contributed by atoms with Crippen LogP contribution in [-0.2, 0) is 9.53 Å². The van der Waals surface area contributed by atoms with Gasteiger partial charge in [0.2, 0.25) is 0 Å². The maximum atomic E-state index is 13.8. The van der Waals surface area contributed by atoms with Gasteiger partial charge in [-0.2, -0.15) is 0 Å². The zero-order valence-electron chi connectivity index (χ0n) is 21.5. The van der Waals surface area contributed by atoms with Crippen LogP contribution in [0.25, 0.3) is 17.4 Å². The predicted octanol–water partition coefficient (Wildman–Crippen LogP) is 4.53. The van der Waals surface area contributed by atoms with Gasteiger partial charge in [-0.05, 0) is 44.2 Å². The molecule has 0 radical (unpaired) electrons. The van der Waals surface area contributed by atoms with Gasteiger partial charge in [0.15, 0.2) is 10.6 Å². The Morgan fingerprint density at radius 1 is 1.10 bits per heavy atom. The number of rotatable bonds is 6. The highest BCUT2D eigenvalue weighted by Gasteiger charge is 2.35. The molecule has 0 aliphatic carbocycles. The lowest BCUT2D eigenvalue weighted by atomic mass is 9.95. The molecule has 1 atom stereocenters. The lowest BCUT2D eigenvalue weighted by Crippen LogP contribution is -2.40. The number of furan rings is 1. The van der Waals surface area contributed by atoms with E-state index in [0.717, 1.165) is 5.56 Å². The number of allylic oxidation sites excluding steroid dienone is 1. The summed E-state index contributed by atoms with van der Waals surface area (Å²) in [6, 6.07) is 14.8. The number of Topliss-reactive ketones (excluding diaryl/α,β-unsaturated/α-hetero) is 1. The second-order valence-electron chi connectivity index (χ2n) is 8.80. The predicted molar refractivity (Wildman–Crippen MR) is 148 cm³/mol. The van der Waals surface area contributed by atoms with Crippen LogP contribution in [-0.4, -0.2) is 30.5 Å². The number of nitrogens with zero attached hydrogens (tertiary/aromatic N) is 2. The topological polar surface area (TPSA) is 100 Å². The number of thiazole rings is 1. The first-order chi connectivity index (χ1) is 18.7. The number of aromatic nitrogens is 1. The summed E-state index contributed by atoms with van der Waals surface area (Å²) in [5.41, 5.74) is 2.22. The van der Waals surface area contributed by atoms with E-state index in [9.17, 15) is 14.4 Å². The van der Waals surface area contributed by atoms with E-state index in [1.807, 2.05) is 12.1 Å². The summed E-state index contributed by atoms with van der Waals surface area (Å²) < 4.78 is 18.4. The third kappa shape index (κ3) is 4.86. The van der Waals surface area contributed by atoms with Gasteiger partial charge in [-0.3, -0.25) is 14.2 Å². The highest BCUT2D eigenvalue weighted by molar-refractivity contribution is 7.07. The van der Waals surface area contributed by atoms with Gasteiger partial charge in [0, 0.05) is 27.8 Å². The summed E-state index contributed by atoms with van der Waals surface area (Å²) in [4.78, 5) is 43.2. The molecule has 0 N–H and O–H groups in total. The van der Waals surface area contributed by atoms with Gasteiger partial charge in [0.25, 0.3) is 5.56 Å². The van der Waals surface area contributed by atoms with Crippen LogP contribution < -0.4 is 19.6 Å². The lowest BCUT2D eigenvalue weighted by molar-refractivity contribution is -0.136. The summed E-state index contributed by atoms with van der Waals surface area (Å²) >= 11 is 7.49. The fraction of sp³-hybridized carbons (Fsp3) is 0.172. The highest BCUT2D eigenvalue weighted by atomic mass is 35.5. The summed E-state index contributed by atoms with van der Waals surface area (Å²) in [7, 11) is 2.79. The molecular weight excluding hydrogens is 540 g/mol. The molecule has 1 aliphatic rings. The number of methoxy groups -OCH3 is 2. The minimum Gasteiger partial charge on any atom is -0.496 e. The van der Waals surface area contributed by atoms with E-state index in [1.54, 1.807) is 55.5 Å². The smallest absolute Gasteiger partial charge is 0.338 e. The Hall–Kier alpha value is -4.21. The van der Waals surface area contributed by atoms with E-state index in [4.69, 9.17) is 25.5 Å². The molecule has 0 fully saturated rings. The van der Waals surface area contributed by atoms with Crippen molar-refractivity contribution in [1.29, 1.82) is 0 Å². The van der Waals surface area contributed by atoms with Gasteiger partial charge in [0.1, 0.15) is 23.3 Å². The summed E-state index contributed by atoms with van der Waals surface area (Å²) in [6.45, 7) is 3.21. The molecule has 198 valence electrons. The lowest BCUT2D eigenvalue weighted by Gasteiger charge is -2.25. The van der Waals surface area contributed by atoms with Crippen LogP contribution in [0.4, 0.5) is 0 Å². The summed E-state index contributed by atoms with van der Waals surface area (Å²) in [5.74, 6) is 0.892. The molecule has 8 nitrogen and oxygen atoms in total. The second kappa shape index (κ2) is 10.5. The van der Waals surface area contributed by atoms with E-state index in [2.05, 4.69) is 4.99 Å². The van der Waals surface area contributed by atoms with Gasteiger partial charge in [0.05, 0.1) is 30.0 Å². The van der Waals surface area contributed by atoms with Crippen LogP contribution in [0.3, 0.4) is 0 Å². The third-order valence-corrected chi connectivity index (χ3v) is 7.61. The number of hydrogen-bond acceptors (Lipinski definition) is 8. The Morgan fingerprint density at radius 2 is 1.85 bits per heavy atom. The van der Waals surface area contributed by atoms with Crippen LogP contribution in [0, 0.1) is 0 Å². The van der Waals surface area contributed by atoms with E-state index in [-0.39, 0.29) is 16.9 Å². The summed E-state index contributed by atoms with van der Waals surface area (Å²) in [6.07, 6.45) is 1.64. The molecule has 39 heavy (non-hydrogen) atoms. The Bertz CT molecular complexity index is 1830. The van der Waals surface area contributed by atoms with E-state index in [1.165, 1.54) is 37.0 Å². The van der Waals surface area contributed by atoms with E-state index >= 15 is 0 Å². The van der Waals surface area contributed by atoms with Crippen molar-refractivity contribution in [2.75, 3.05) is 14.2 Å². The molecular formula is C29H23ClN2O6S. The second-order valence-corrected chi connectivity index (χ2v) is 10.2. The van der Waals surface area contributed by atoms with Crippen LogP contribution >= 0.6 is 22.9 Å². The van der Waals surface area contributed by atoms with Crippen molar-refractivity contribution >= 4 is 40.8 Å². The average Bonchev–Trinajstić information content (AvgIpc) is 3.51. The molecule has 1 aliphatic heterocycles. The van der Waals surface area contributed by atoms with Crippen molar-refractivity contribution in [3.8, 4) is 17.1 Å². The number of ether oxygens (including phenoxy) is 2. The van der Waals surface area contributed by atoms with Gasteiger partial charge in [-0.15, -0.1) is 0 Å². The van der Waals surface area contributed by atoms with E-state index < -0.39 is 12.0 Å². The fourth-order valence-corrected chi connectivity index (χ4v) is 5.70. The number of esters is 1.